The third-order valence-electron chi connectivity index (χ3n) is 2.83. The summed E-state index contributed by atoms with van der Waals surface area (Å²) >= 11 is 0. The zero-order chi connectivity index (χ0) is 10.9. The van der Waals surface area contributed by atoms with Crippen molar-refractivity contribution in [3.05, 3.63) is 0 Å². The zero-order valence-electron chi connectivity index (χ0n) is 9.61. The van der Waals surface area contributed by atoms with E-state index < -0.39 is 0 Å². The van der Waals surface area contributed by atoms with Crippen LogP contribution in [0.4, 0.5) is 0 Å². The van der Waals surface area contributed by atoms with Crippen molar-refractivity contribution in [2.75, 3.05) is 40.1 Å². The fourth-order valence-corrected chi connectivity index (χ4v) is 1.80. The van der Waals surface area contributed by atoms with Gasteiger partial charge in [-0.15, -0.1) is 0 Å². The molecule has 2 N–H and O–H groups in total. The standard InChI is InChI=1S/C11H23NO3/c1-13-7-8-14-5-2-3-10-9-15-6-4-11(10)12/h10-11H,2-9,12H2,1H3. The smallest absolute Gasteiger partial charge is 0.0700 e. The average molecular weight is 217 g/mol. The lowest BCUT2D eigenvalue weighted by Crippen LogP contribution is -2.38. The quantitative estimate of drug-likeness (QED) is 0.641. The summed E-state index contributed by atoms with van der Waals surface area (Å²) in [6, 6.07) is 0.317. The number of nitrogens with two attached hydrogens (primary N) is 1. The highest BCUT2D eigenvalue weighted by Crippen LogP contribution is 2.17. The molecule has 1 saturated heterocycles. The Morgan fingerprint density at radius 2 is 2.20 bits per heavy atom. The molecule has 1 aliphatic heterocycles. The van der Waals surface area contributed by atoms with Crippen molar-refractivity contribution in [1.82, 2.24) is 0 Å². The molecular weight excluding hydrogens is 194 g/mol. The van der Waals surface area contributed by atoms with E-state index in [0.29, 0.717) is 25.2 Å². The minimum atomic E-state index is 0.317. The Kier molecular flexibility index (Phi) is 6.92. The van der Waals surface area contributed by atoms with E-state index in [1.54, 1.807) is 7.11 Å². The van der Waals surface area contributed by atoms with Crippen LogP contribution < -0.4 is 5.73 Å². The molecule has 0 amide bonds. The molecular formula is C11H23NO3. The molecule has 15 heavy (non-hydrogen) atoms. The van der Waals surface area contributed by atoms with E-state index >= 15 is 0 Å². The Balaban J connectivity index is 1.94. The number of methoxy groups -OCH3 is 1. The number of rotatable bonds is 7. The van der Waals surface area contributed by atoms with Gasteiger partial charge in [0, 0.05) is 26.4 Å². The summed E-state index contributed by atoms with van der Waals surface area (Å²) in [4.78, 5) is 0. The number of hydrogen-bond acceptors (Lipinski definition) is 4. The molecule has 2 atom stereocenters. The van der Waals surface area contributed by atoms with Crippen LogP contribution >= 0.6 is 0 Å². The predicted molar refractivity (Wildman–Crippen MR) is 58.8 cm³/mol. The van der Waals surface area contributed by atoms with Crippen molar-refractivity contribution in [3.8, 4) is 0 Å². The van der Waals surface area contributed by atoms with Gasteiger partial charge in [0.05, 0.1) is 19.8 Å². The first-order valence-electron chi connectivity index (χ1n) is 5.74. The fourth-order valence-electron chi connectivity index (χ4n) is 1.80. The summed E-state index contributed by atoms with van der Waals surface area (Å²) in [5.74, 6) is 0.518. The first kappa shape index (κ1) is 12.9. The molecule has 1 heterocycles. The second kappa shape index (κ2) is 8.05. The van der Waals surface area contributed by atoms with E-state index in [1.165, 1.54) is 0 Å². The molecule has 0 spiro atoms. The largest absolute Gasteiger partial charge is 0.382 e. The lowest BCUT2D eigenvalue weighted by molar-refractivity contribution is 0.0295. The van der Waals surface area contributed by atoms with Crippen LogP contribution in [0.15, 0.2) is 0 Å². The Hall–Kier alpha value is -0.160. The predicted octanol–water partition coefficient (Wildman–Crippen LogP) is 0.793. The highest BCUT2D eigenvalue weighted by molar-refractivity contribution is 4.76. The monoisotopic (exact) mass is 217 g/mol. The molecule has 0 saturated carbocycles. The topological polar surface area (TPSA) is 53.7 Å². The van der Waals surface area contributed by atoms with Gasteiger partial charge in [-0.2, -0.15) is 0 Å². The van der Waals surface area contributed by atoms with Gasteiger partial charge in [0.1, 0.15) is 0 Å². The van der Waals surface area contributed by atoms with Gasteiger partial charge in [0.2, 0.25) is 0 Å². The second-order valence-electron chi connectivity index (χ2n) is 4.03. The van der Waals surface area contributed by atoms with Gasteiger partial charge < -0.3 is 19.9 Å². The van der Waals surface area contributed by atoms with Crippen LogP contribution in [0.2, 0.25) is 0 Å². The summed E-state index contributed by atoms with van der Waals surface area (Å²) in [6.45, 7) is 3.80. The third-order valence-corrected chi connectivity index (χ3v) is 2.83. The normalized spacial score (nSPS) is 26.8. The lowest BCUT2D eigenvalue weighted by Gasteiger charge is -2.28. The van der Waals surface area contributed by atoms with Crippen LogP contribution in [0.25, 0.3) is 0 Å². The highest BCUT2D eigenvalue weighted by atomic mass is 16.5. The van der Waals surface area contributed by atoms with Crippen LogP contribution in [0.5, 0.6) is 0 Å². The highest BCUT2D eigenvalue weighted by Gasteiger charge is 2.21. The Labute approximate surface area is 92.1 Å². The summed E-state index contributed by atoms with van der Waals surface area (Å²) in [7, 11) is 1.68. The Morgan fingerprint density at radius 1 is 1.33 bits per heavy atom. The maximum atomic E-state index is 6.00. The lowest BCUT2D eigenvalue weighted by atomic mass is 9.92. The van der Waals surface area contributed by atoms with Gasteiger partial charge >= 0.3 is 0 Å². The molecule has 1 fully saturated rings. The van der Waals surface area contributed by atoms with Gasteiger partial charge in [-0.25, -0.2) is 0 Å². The van der Waals surface area contributed by atoms with Crippen molar-refractivity contribution < 1.29 is 14.2 Å². The molecule has 0 radical (unpaired) electrons. The summed E-state index contributed by atoms with van der Waals surface area (Å²) in [5, 5.41) is 0. The molecule has 4 nitrogen and oxygen atoms in total. The van der Waals surface area contributed by atoms with Gasteiger partial charge in [-0.05, 0) is 25.2 Å². The Morgan fingerprint density at radius 3 is 2.93 bits per heavy atom. The molecule has 0 aromatic carbocycles. The maximum absolute atomic E-state index is 6.00. The minimum absolute atomic E-state index is 0.317. The first-order chi connectivity index (χ1) is 7.34. The van der Waals surface area contributed by atoms with Gasteiger partial charge in [0.15, 0.2) is 0 Å². The van der Waals surface area contributed by atoms with E-state index in [4.69, 9.17) is 19.9 Å². The molecule has 4 heteroatoms. The van der Waals surface area contributed by atoms with Gasteiger partial charge in [0.25, 0.3) is 0 Å². The third kappa shape index (κ3) is 5.47. The van der Waals surface area contributed by atoms with Crippen LogP contribution in [0.1, 0.15) is 19.3 Å². The average Bonchev–Trinajstić information content (AvgIpc) is 2.25. The molecule has 2 unspecified atom stereocenters. The van der Waals surface area contributed by atoms with Crippen LogP contribution in [-0.4, -0.2) is 46.2 Å². The molecule has 0 aromatic heterocycles. The van der Waals surface area contributed by atoms with Crippen LogP contribution in [0, 0.1) is 5.92 Å². The molecule has 0 bridgehead atoms. The Bertz CT molecular complexity index is 155. The summed E-state index contributed by atoms with van der Waals surface area (Å²) < 4.78 is 15.7. The summed E-state index contributed by atoms with van der Waals surface area (Å²) in [6.07, 6.45) is 3.16. The van der Waals surface area contributed by atoms with Crippen molar-refractivity contribution in [2.24, 2.45) is 11.7 Å². The van der Waals surface area contributed by atoms with Crippen LogP contribution in [-0.2, 0) is 14.2 Å². The second-order valence-corrected chi connectivity index (χ2v) is 4.03. The van der Waals surface area contributed by atoms with E-state index in [1.807, 2.05) is 0 Å². The minimum Gasteiger partial charge on any atom is -0.382 e. The van der Waals surface area contributed by atoms with E-state index in [2.05, 4.69) is 0 Å². The SMILES string of the molecule is COCCOCCCC1COCCC1N. The van der Waals surface area contributed by atoms with Gasteiger partial charge in [-0.1, -0.05) is 0 Å². The molecule has 0 aromatic rings. The molecule has 0 aliphatic carbocycles. The molecule has 1 aliphatic rings. The number of hydrogen-bond donors (Lipinski definition) is 1. The van der Waals surface area contributed by atoms with E-state index in [9.17, 15) is 0 Å². The molecule has 90 valence electrons. The van der Waals surface area contributed by atoms with Crippen molar-refractivity contribution in [2.45, 2.75) is 25.3 Å². The fraction of sp³-hybridized carbons (Fsp3) is 1.00. The van der Waals surface area contributed by atoms with Crippen molar-refractivity contribution in [3.63, 3.8) is 0 Å². The summed E-state index contributed by atoms with van der Waals surface area (Å²) in [5.41, 5.74) is 6.00. The number of ether oxygens (including phenoxy) is 3. The van der Waals surface area contributed by atoms with E-state index in [-0.39, 0.29) is 0 Å². The first-order valence-corrected chi connectivity index (χ1v) is 5.74. The van der Waals surface area contributed by atoms with Gasteiger partial charge in [-0.3, -0.25) is 0 Å². The molecule has 1 rings (SSSR count). The van der Waals surface area contributed by atoms with Crippen molar-refractivity contribution in [1.29, 1.82) is 0 Å². The zero-order valence-corrected chi connectivity index (χ0v) is 9.61. The maximum Gasteiger partial charge on any atom is 0.0700 e. The van der Waals surface area contributed by atoms with Crippen molar-refractivity contribution >= 4 is 0 Å². The van der Waals surface area contributed by atoms with Crippen LogP contribution in [0.3, 0.4) is 0 Å². The van der Waals surface area contributed by atoms with E-state index in [0.717, 1.165) is 39.1 Å².